The summed E-state index contributed by atoms with van der Waals surface area (Å²) in [4.78, 5) is 9.45. The Balaban J connectivity index is -0.00000000446. The van der Waals surface area contributed by atoms with Gasteiger partial charge in [0, 0.05) is 0 Å². The minimum absolute atomic E-state index is 0. The van der Waals surface area contributed by atoms with Crippen LogP contribution in [0.1, 0.15) is 11.2 Å². The van der Waals surface area contributed by atoms with Crippen LogP contribution in [0.4, 0.5) is 0 Å². The number of rotatable bonds is 1. The molecule has 0 heterocycles. The molecule has 0 saturated carbocycles. The SMILES string of the molecule is CC(O)C(=O)O.Cl.Cl.[H-].[H-].[H-].[K+].[Na+].[Na+]. The van der Waals surface area contributed by atoms with Crippen LogP contribution in [0.15, 0.2) is 0 Å². The molecule has 0 bridgehead atoms. The van der Waals surface area contributed by atoms with Gasteiger partial charge in [-0.15, -0.1) is 24.8 Å². The Kier molecular flexibility index (Phi) is 77.8. The number of halogens is 2. The molecular weight excluding hydrogens is 240 g/mol. The van der Waals surface area contributed by atoms with Crippen molar-refractivity contribution in [3.05, 3.63) is 0 Å². The number of carboxylic acid groups (broad SMARTS) is 1. The van der Waals surface area contributed by atoms with Gasteiger partial charge in [-0.2, -0.15) is 0 Å². The van der Waals surface area contributed by atoms with Gasteiger partial charge < -0.3 is 14.5 Å². The fourth-order valence-corrected chi connectivity index (χ4v) is 0. The third kappa shape index (κ3) is 31.7. The summed E-state index contributed by atoms with van der Waals surface area (Å²) < 4.78 is 0. The minimum Gasteiger partial charge on any atom is -1.00 e. The van der Waals surface area contributed by atoms with Crippen molar-refractivity contribution in [2.24, 2.45) is 0 Å². The van der Waals surface area contributed by atoms with Crippen LogP contribution < -0.4 is 110 Å². The molecule has 0 aromatic carbocycles. The third-order valence-electron chi connectivity index (χ3n) is 0.357. The fourth-order valence-electron chi connectivity index (χ4n) is 0. The second-order valence-electron chi connectivity index (χ2n) is 1.01. The molecule has 0 aliphatic heterocycles. The van der Waals surface area contributed by atoms with Crippen molar-refractivity contribution >= 4 is 30.8 Å². The van der Waals surface area contributed by atoms with E-state index < -0.39 is 12.1 Å². The molecule has 58 valence electrons. The van der Waals surface area contributed by atoms with E-state index in [1.54, 1.807) is 0 Å². The number of carboxylic acids is 1. The standard InChI is InChI=1S/C3H6O3.2ClH.K.2Na.3H/c1-2(4)3(5)6;;;;;;;;/h2,4H,1H3,(H,5,6);2*1H;;;;;;/q;;;3*+1;3*-1. The minimum atomic E-state index is -1.23. The Hall–Kier alpha value is 3.65. The van der Waals surface area contributed by atoms with Crippen molar-refractivity contribution in [2.75, 3.05) is 0 Å². The molecule has 0 aromatic rings. The predicted molar refractivity (Wildman–Crippen MR) is 37.1 cm³/mol. The zero-order chi connectivity index (χ0) is 5.15. The molecule has 11 heavy (non-hydrogen) atoms. The molecule has 0 aromatic heterocycles. The Morgan fingerprint density at radius 3 is 1.45 bits per heavy atom. The Labute approximate surface area is 170 Å². The first-order chi connectivity index (χ1) is 2.64. The molecular formula is C3H11Cl2KNa2O3. The topological polar surface area (TPSA) is 57.5 Å². The summed E-state index contributed by atoms with van der Waals surface area (Å²) in [5.74, 6) is -1.19. The number of carbonyl (C=O) groups is 1. The van der Waals surface area contributed by atoms with Gasteiger partial charge in [0.25, 0.3) is 0 Å². The van der Waals surface area contributed by atoms with Gasteiger partial charge in [0.2, 0.25) is 0 Å². The quantitative estimate of drug-likeness (QED) is 0.455. The average Bonchev–Trinajstić information content (AvgIpc) is 1.36. The van der Waals surface area contributed by atoms with Crippen molar-refractivity contribution in [3.63, 3.8) is 0 Å². The third-order valence-corrected chi connectivity index (χ3v) is 0.357. The van der Waals surface area contributed by atoms with Gasteiger partial charge in [-0.05, 0) is 6.92 Å². The molecule has 1 atom stereocenters. The largest absolute Gasteiger partial charge is 1.00 e. The Morgan fingerprint density at radius 2 is 1.45 bits per heavy atom. The van der Waals surface area contributed by atoms with Crippen LogP contribution in [0.3, 0.4) is 0 Å². The molecule has 0 amide bonds. The summed E-state index contributed by atoms with van der Waals surface area (Å²) in [6.07, 6.45) is -1.23. The maximum atomic E-state index is 9.45. The van der Waals surface area contributed by atoms with E-state index in [0.717, 1.165) is 0 Å². The van der Waals surface area contributed by atoms with E-state index in [4.69, 9.17) is 10.2 Å². The molecule has 0 fully saturated rings. The number of aliphatic carboxylic acids is 1. The molecule has 0 rings (SSSR count). The average molecular weight is 251 g/mol. The van der Waals surface area contributed by atoms with Gasteiger partial charge in [0.1, 0.15) is 6.10 Å². The number of aliphatic hydroxyl groups is 1. The van der Waals surface area contributed by atoms with Gasteiger partial charge >= 0.3 is 116 Å². The Morgan fingerprint density at radius 1 is 1.36 bits per heavy atom. The van der Waals surface area contributed by atoms with Crippen LogP contribution in [0.25, 0.3) is 0 Å². The molecule has 0 aliphatic rings. The zero-order valence-corrected chi connectivity index (χ0v) is 16.0. The Bertz CT molecular complexity index is 86.1. The van der Waals surface area contributed by atoms with Gasteiger partial charge in [-0.3, -0.25) is 0 Å². The summed E-state index contributed by atoms with van der Waals surface area (Å²) in [6.45, 7) is 1.20. The van der Waals surface area contributed by atoms with Crippen LogP contribution in [0.5, 0.6) is 0 Å². The van der Waals surface area contributed by atoms with Crippen LogP contribution in [0, 0.1) is 0 Å². The monoisotopic (exact) mass is 250 g/mol. The molecule has 0 spiro atoms. The maximum Gasteiger partial charge on any atom is 1.00 e. The van der Waals surface area contributed by atoms with E-state index in [-0.39, 0.29) is 140 Å². The van der Waals surface area contributed by atoms with E-state index in [1.807, 2.05) is 0 Å². The van der Waals surface area contributed by atoms with Crippen molar-refractivity contribution in [3.8, 4) is 0 Å². The van der Waals surface area contributed by atoms with Crippen molar-refractivity contribution in [1.29, 1.82) is 0 Å². The first-order valence-electron chi connectivity index (χ1n) is 1.55. The van der Waals surface area contributed by atoms with E-state index in [2.05, 4.69) is 0 Å². The first kappa shape index (κ1) is 36.5. The molecule has 0 aliphatic carbocycles. The molecule has 8 heteroatoms. The van der Waals surface area contributed by atoms with Gasteiger partial charge in [0.15, 0.2) is 0 Å². The van der Waals surface area contributed by atoms with Gasteiger partial charge in [-0.25, -0.2) is 4.79 Å². The van der Waals surface area contributed by atoms with E-state index in [1.165, 1.54) is 6.92 Å². The predicted octanol–water partition coefficient (Wildman–Crippen LogP) is -8.36. The fraction of sp³-hybridized carbons (Fsp3) is 0.667. The van der Waals surface area contributed by atoms with E-state index in [0.29, 0.717) is 0 Å². The van der Waals surface area contributed by atoms with Gasteiger partial charge in [-0.1, -0.05) is 0 Å². The van der Waals surface area contributed by atoms with Crippen molar-refractivity contribution < 1.29 is 130 Å². The number of hydrogen-bond acceptors (Lipinski definition) is 2. The number of aliphatic hydroxyl groups excluding tert-OH is 1. The summed E-state index contributed by atoms with van der Waals surface area (Å²) in [7, 11) is 0. The molecule has 3 nitrogen and oxygen atoms in total. The first-order valence-corrected chi connectivity index (χ1v) is 1.55. The van der Waals surface area contributed by atoms with Gasteiger partial charge in [0.05, 0.1) is 0 Å². The summed E-state index contributed by atoms with van der Waals surface area (Å²) in [5.41, 5.74) is 0. The molecule has 2 N–H and O–H groups in total. The van der Waals surface area contributed by atoms with Crippen LogP contribution in [-0.2, 0) is 4.79 Å². The van der Waals surface area contributed by atoms with Crippen molar-refractivity contribution in [2.45, 2.75) is 13.0 Å². The van der Waals surface area contributed by atoms with E-state index in [9.17, 15) is 4.79 Å². The second kappa shape index (κ2) is 23.5. The second-order valence-corrected chi connectivity index (χ2v) is 1.01. The van der Waals surface area contributed by atoms with Crippen LogP contribution in [-0.4, -0.2) is 22.3 Å². The molecule has 1 unspecified atom stereocenters. The normalized spacial score (nSPS) is 7.45. The summed E-state index contributed by atoms with van der Waals surface area (Å²) in [5, 5.41) is 15.8. The molecule has 0 radical (unpaired) electrons. The van der Waals surface area contributed by atoms with Crippen molar-refractivity contribution in [1.82, 2.24) is 0 Å². The summed E-state index contributed by atoms with van der Waals surface area (Å²) >= 11 is 0. The number of hydrogen-bond donors (Lipinski definition) is 2. The summed E-state index contributed by atoms with van der Waals surface area (Å²) in [6, 6.07) is 0. The maximum absolute atomic E-state index is 9.45. The van der Waals surface area contributed by atoms with Crippen LogP contribution in [0.2, 0.25) is 0 Å². The van der Waals surface area contributed by atoms with E-state index >= 15 is 0 Å². The molecule has 0 saturated heterocycles. The zero-order valence-electron chi connectivity index (χ0n) is 10.2. The van der Waals surface area contributed by atoms with Crippen LogP contribution >= 0.6 is 24.8 Å². The smallest absolute Gasteiger partial charge is 1.00 e.